The van der Waals surface area contributed by atoms with Crippen molar-refractivity contribution in [2.24, 2.45) is 11.7 Å². The highest BCUT2D eigenvalue weighted by molar-refractivity contribution is 4.82. The third-order valence-corrected chi connectivity index (χ3v) is 5.04. The van der Waals surface area contributed by atoms with Crippen LogP contribution in [-0.2, 0) is 4.74 Å². The Hall–Kier alpha value is -0.120. The quantitative estimate of drug-likeness (QED) is 0.668. The summed E-state index contributed by atoms with van der Waals surface area (Å²) in [6, 6.07) is 1.19. The summed E-state index contributed by atoms with van der Waals surface area (Å²) in [6.45, 7) is 7.22. The second-order valence-corrected chi connectivity index (χ2v) is 6.33. The second kappa shape index (κ2) is 10.6. The predicted molar refractivity (Wildman–Crippen MR) is 87.0 cm³/mol. The number of hydrogen-bond donors (Lipinski definition) is 1. The molecular weight excluding hydrogens is 248 g/mol. The number of nitrogens with zero attached hydrogens (tertiary/aromatic N) is 1. The topological polar surface area (TPSA) is 38.5 Å². The van der Waals surface area contributed by atoms with E-state index in [1.54, 1.807) is 7.11 Å². The molecule has 0 heterocycles. The first-order valence-electron chi connectivity index (χ1n) is 8.71. The molecular formula is C17H36N2O. The molecule has 1 aliphatic rings. The van der Waals surface area contributed by atoms with Gasteiger partial charge in [0.2, 0.25) is 0 Å². The standard InChI is InChI=1S/C17H36N2O/c1-4-16(5-2)19(11-12-20-3)17(14-18)13-15-9-7-6-8-10-15/h15-17H,4-14,18H2,1-3H3. The van der Waals surface area contributed by atoms with Crippen molar-refractivity contribution in [3.63, 3.8) is 0 Å². The third kappa shape index (κ3) is 5.71. The average Bonchev–Trinajstić information content (AvgIpc) is 2.50. The first-order chi connectivity index (χ1) is 9.76. The fraction of sp³-hybridized carbons (Fsp3) is 1.00. The molecule has 0 amide bonds. The molecule has 0 saturated heterocycles. The molecule has 1 aliphatic carbocycles. The van der Waals surface area contributed by atoms with Crippen LogP contribution in [0.5, 0.6) is 0 Å². The smallest absolute Gasteiger partial charge is 0.0589 e. The Morgan fingerprint density at radius 3 is 2.25 bits per heavy atom. The lowest BCUT2D eigenvalue weighted by molar-refractivity contribution is 0.0682. The molecule has 0 radical (unpaired) electrons. The maximum absolute atomic E-state index is 6.13. The predicted octanol–water partition coefficient (Wildman–Crippen LogP) is 3.42. The van der Waals surface area contributed by atoms with E-state index in [0.29, 0.717) is 12.1 Å². The summed E-state index contributed by atoms with van der Waals surface area (Å²) < 4.78 is 5.31. The maximum atomic E-state index is 6.13. The molecule has 0 aliphatic heterocycles. The van der Waals surface area contributed by atoms with Crippen LogP contribution in [0.15, 0.2) is 0 Å². The van der Waals surface area contributed by atoms with E-state index in [1.807, 2.05) is 0 Å². The molecule has 3 heteroatoms. The van der Waals surface area contributed by atoms with Crippen molar-refractivity contribution in [2.75, 3.05) is 26.8 Å². The number of nitrogens with two attached hydrogens (primary N) is 1. The number of ether oxygens (including phenoxy) is 1. The highest BCUT2D eigenvalue weighted by atomic mass is 16.5. The van der Waals surface area contributed by atoms with Gasteiger partial charge in [0.1, 0.15) is 0 Å². The largest absolute Gasteiger partial charge is 0.383 e. The zero-order valence-electron chi connectivity index (χ0n) is 13.9. The summed E-state index contributed by atoms with van der Waals surface area (Å²) in [6.07, 6.45) is 10.8. The minimum Gasteiger partial charge on any atom is -0.383 e. The molecule has 1 rings (SSSR count). The Balaban J connectivity index is 2.61. The van der Waals surface area contributed by atoms with Gasteiger partial charge in [-0.25, -0.2) is 0 Å². The average molecular weight is 284 g/mol. The van der Waals surface area contributed by atoms with Crippen LogP contribution in [-0.4, -0.2) is 43.8 Å². The SMILES string of the molecule is CCC(CC)N(CCOC)C(CN)CC1CCCCC1. The van der Waals surface area contributed by atoms with Gasteiger partial charge < -0.3 is 10.5 Å². The third-order valence-electron chi connectivity index (χ3n) is 5.04. The molecule has 120 valence electrons. The normalized spacial score (nSPS) is 18.9. The Kier molecular flexibility index (Phi) is 9.49. The van der Waals surface area contributed by atoms with Gasteiger partial charge in [0, 0.05) is 32.3 Å². The highest BCUT2D eigenvalue weighted by Crippen LogP contribution is 2.29. The Morgan fingerprint density at radius 1 is 1.10 bits per heavy atom. The lowest BCUT2D eigenvalue weighted by Gasteiger charge is -2.39. The maximum Gasteiger partial charge on any atom is 0.0589 e. The fourth-order valence-electron chi connectivity index (χ4n) is 3.79. The van der Waals surface area contributed by atoms with Crippen molar-refractivity contribution in [1.82, 2.24) is 4.90 Å². The van der Waals surface area contributed by atoms with Crippen LogP contribution in [0.4, 0.5) is 0 Å². The summed E-state index contributed by atoms with van der Waals surface area (Å²) >= 11 is 0. The zero-order valence-corrected chi connectivity index (χ0v) is 13.9. The van der Waals surface area contributed by atoms with Gasteiger partial charge in [0.05, 0.1) is 6.61 Å². The summed E-state index contributed by atoms with van der Waals surface area (Å²) in [5.41, 5.74) is 6.13. The summed E-state index contributed by atoms with van der Waals surface area (Å²) in [5.74, 6) is 0.900. The van der Waals surface area contributed by atoms with E-state index in [-0.39, 0.29) is 0 Å². The van der Waals surface area contributed by atoms with Gasteiger partial charge in [-0.3, -0.25) is 4.90 Å². The monoisotopic (exact) mass is 284 g/mol. The molecule has 1 fully saturated rings. The van der Waals surface area contributed by atoms with Gasteiger partial charge in [-0.15, -0.1) is 0 Å². The lowest BCUT2D eigenvalue weighted by atomic mass is 9.84. The Morgan fingerprint density at radius 2 is 1.75 bits per heavy atom. The number of rotatable bonds is 10. The molecule has 0 aromatic rings. The Labute approximate surface area is 126 Å². The minimum absolute atomic E-state index is 0.540. The van der Waals surface area contributed by atoms with Gasteiger partial charge in [-0.2, -0.15) is 0 Å². The van der Waals surface area contributed by atoms with E-state index in [9.17, 15) is 0 Å². The van der Waals surface area contributed by atoms with Crippen molar-refractivity contribution in [3.8, 4) is 0 Å². The van der Waals surface area contributed by atoms with Gasteiger partial charge in [-0.1, -0.05) is 46.0 Å². The molecule has 1 saturated carbocycles. The molecule has 0 aromatic carbocycles. The molecule has 0 spiro atoms. The van der Waals surface area contributed by atoms with Crippen molar-refractivity contribution in [2.45, 2.75) is 77.3 Å². The number of hydrogen-bond acceptors (Lipinski definition) is 3. The van der Waals surface area contributed by atoms with E-state index in [1.165, 1.54) is 51.4 Å². The van der Waals surface area contributed by atoms with Gasteiger partial charge >= 0.3 is 0 Å². The Bertz CT molecular complexity index is 225. The molecule has 0 bridgehead atoms. The van der Waals surface area contributed by atoms with E-state index in [2.05, 4.69) is 18.7 Å². The van der Waals surface area contributed by atoms with Crippen LogP contribution in [0, 0.1) is 5.92 Å². The molecule has 20 heavy (non-hydrogen) atoms. The van der Waals surface area contributed by atoms with E-state index >= 15 is 0 Å². The highest BCUT2D eigenvalue weighted by Gasteiger charge is 2.26. The van der Waals surface area contributed by atoms with Gasteiger partial charge in [0.25, 0.3) is 0 Å². The van der Waals surface area contributed by atoms with Crippen molar-refractivity contribution in [1.29, 1.82) is 0 Å². The fourth-order valence-corrected chi connectivity index (χ4v) is 3.79. The molecule has 0 aromatic heterocycles. The number of methoxy groups -OCH3 is 1. The zero-order chi connectivity index (χ0) is 14.8. The summed E-state index contributed by atoms with van der Waals surface area (Å²) in [7, 11) is 1.80. The van der Waals surface area contributed by atoms with E-state index < -0.39 is 0 Å². The summed E-state index contributed by atoms with van der Waals surface area (Å²) in [4.78, 5) is 2.64. The molecule has 1 unspecified atom stereocenters. The second-order valence-electron chi connectivity index (χ2n) is 6.33. The van der Waals surface area contributed by atoms with E-state index in [0.717, 1.165) is 25.6 Å². The molecule has 2 N–H and O–H groups in total. The van der Waals surface area contributed by atoms with Crippen LogP contribution in [0.25, 0.3) is 0 Å². The van der Waals surface area contributed by atoms with Crippen molar-refractivity contribution in [3.05, 3.63) is 0 Å². The van der Waals surface area contributed by atoms with Crippen molar-refractivity contribution < 1.29 is 4.74 Å². The first kappa shape index (κ1) is 17.9. The van der Waals surface area contributed by atoms with Crippen LogP contribution in [0.1, 0.15) is 65.2 Å². The van der Waals surface area contributed by atoms with Crippen molar-refractivity contribution >= 4 is 0 Å². The van der Waals surface area contributed by atoms with Crippen LogP contribution in [0.2, 0.25) is 0 Å². The van der Waals surface area contributed by atoms with E-state index in [4.69, 9.17) is 10.5 Å². The van der Waals surface area contributed by atoms with Crippen LogP contribution < -0.4 is 5.73 Å². The molecule has 3 nitrogen and oxygen atoms in total. The first-order valence-corrected chi connectivity index (χ1v) is 8.71. The molecule has 1 atom stereocenters. The summed E-state index contributed by atoms with van der Waals surface area (Å²) in [5, 5.41) is 0. The van der Waals surface area contributed by atoms with Gasteiger partial charge in [-0.05, 0) is 25.2 Å². The van der Waals surface area contributed by atoms with Crippen LogP contribution >= 0.6 is 0 Å². The minimum atomic E-state index is 0.540. The van der Waals surface area contributed by atoms with Gasteiger partial charge in [0.15, 0.2) is 0 Å². The van der Waals surface area contributed by atoms with Crippen LogP contribution in [0.3, 0.4) is 0 Å². The lowest BCUT2D eigenvalue weighted by Crippen LogP contribution is -2.49.